The van der Waals surface area contributed by atoms with Crippen LogP contribution in [0.15, 0.2) is 29.3 Å². The molecule has 0 radical (unpaired) electrons. The molecule has 2 heterocycles. The molecule has 2 aliphatic heterocycles. The molecular weight excluding hydrogens is 479 g/mol. The van der Waals surface area contributed by atoms with Gasteiger partial charge in [-0.15, -0.1) is 24.0 Å². The molecular formula is C22H37IN4O2. The van der Waals surface area contributed by atoms with Gasteiger partial charge in [0.15, 0.2) is 5.96 Å². The first kappa shape index (κ1) is 24.2. The Kier molecular flexibility index (Phi) is 9.49. The predicted molar refractivity (Wildman–Crippen MR) is 130 cm³/mol. The summed E-state index contributed by atoms with van der Waals surface area (Å²) in [6, 6.07) is 9.03. The smallest absolute Gasteiger partial charge is 0.193 e. The summed E-state index contributed by atoms with van der Waals surface area (Å²) in [6.45, 7) is 13.9. The van der Waals surface area contributed by atoms with Gasteiger partial charge in [0, 0.05) is 39.3 Å². The first-order chi connectivity index (χ1) is 13.5. The van der Waals surface area contributed by atoms with E-state index < -0.39 is 0 Å². The molecule has 0 aromatic heterocycles. The van der Waals surface area contributed by atoms with Crippen LogP contribution in [0.4, 0.5) is 0 Å². The van der Waals surface area contributed by atoms with Crippen molar-refractivity contribution in [1.82, 2.24) is 15.1 Å². The van der Waals surface area contributed by atoms with Crippen molar-refractivity contribution in [2.24, 2.45) is 4.99 Å². The largest absolute Gasteiger partial charge is 0.492 e. The normalized spacial score (nSPS) is 21.0. The Hall–Kier alpha value is -1.06. The number of rotatable bonds is 5. The highest BCUT2D eigenvalue weighted by atomic mass is 127. The van der Waals surface area contributed by atoms with E-state index in [1.54, 1.807) is 0 Å². The quantitative estimate of drug-likeness (QED) is 0.282. The molecule has 0 aliphatic carbocycles. The van der Waals surface area contributed by atoms with Gasteiger partial charge in [-0.05, 0) is 29.5 Å². The number of halogens is 1. The highest BCUT2D eigenvalue weighted by molar-refractivity contribution is 14.0. The van der Waals surface area contributed by atoms with Crippen molar-refractivity contribution in [3.05, 3.63) is 29.8 Å². The summed E-state index contributed by atoms with van der Waals surface area (Å²) >= 11 is 0. The molecule has 1 aromatic carbocycles. The third kappa shape index (κ3) is 7.00. The highest BCUT2D eigenvalue weighted by Gasteiger charge is 2.30. The Morgan fingerprint density at radius 2 is 1.86 bits per heavy atom. The molecule has 29 heavy (non-hydrogen) atoms. The third-order valence-electron chi connectivity index (χ3n) is 5.61. The van der Waals surface area contributed by atoms with E-state index in [2.05, 4.69) is 65.1 Å². The van der Waals surface area contributed by atoms with E-state index in [0.29, 0.717) is 12.6 Å². The summed E-state index contributed by atoms with van der Waals surface area (Å²) in [4.78, 5) is 9.38. The summed E-state index contributed by atoms with van der Waals surface area (Å²) < 4.78 is 11.4. The minimum absolute atomic E-state index is 0. The number of nitrogens with one attached hydrogen (secondary N) is 1. The molecule has 0 saturated carbocycles. The maximum absolute atomic E-state index is 5.89. The molecule has 6 nitrogen and oxygen atoms in total. The van der Waals surface area contributed by atoms with Crippen LogP contribution in [0.1, 0.15) is 32.8 Å². The molecule has 2 saturated heterocycles. The van der Waals surface area contributed by atoms with Gasteiger partial charge in [-0.3, -0.25) is 9.89 Å². The van der Waals surface area contributed by atoms with Crippen molar-refractivity contribution in [2.45, 2.75) is 38.6 Å². The van der Waals surface area contributed by atoms with Gasteiger partial charge >= 0.3 is 0 Å². The van der Waals surface area contributed by atoms with E-state index in [9.17, 15) is 0 Å². The van der Waals surface area contributed by atoms with Crippen LogP contribution in [0.3, 0.4) is 0 Å². The Morgan fingerprint density at radius 3 is 2.48 bits per heavy atom. The van der Waals surface area contributed by atoms with Crippen LogP contribution < -0.4 is 10.1 Å². The minimum Gasteiger partial charge on any atom is -0.492 e. The standard InChI is InChI=1S/C22H36N4O2.HI/c1-22(2,3)18-5-7-20(8-6-18)28-14-10-24-21(23-4)26-11-9-19(17-26)25-12-15-27-16-13-25;/h5-8,19H,9-17H2,1-4H3,(H,23,24);1H. The van der Waals surface area contributed by atoms with Gasteiger partial charge in [0.2, 0.25) is 0 Å². The average molecular weight is 516 g/mol. The van der Waals surface area contributed by atoms with E-state index in [1.807, 2.05) is 7.05 Å². The highest BCUT2D eigenvalue weighted by Crippen LogP contribution is 2.24. The fourth-order valence-electron chi connectivity index (χ4n) is 3.89. The molecule has 7 heteroatoms. The lowest BCUT2D eigenvalue weighted by Crippen LogP contribution is -2.47. The lowest BCUT2D eigenvalue weighted by Gasteiger charge is -2.32. The van der Waals surface area contributed by atoms with Gasteiger partial charge in [-0.2, -0.15) is 0 Å². The Morgan fingerprint density at radius 1 is 1.17 bits per heavy atom. The molecule has 164 valence electrons. The van der Waals surface area contributed by atoms with Gasteiger partial charge in [0.25, 0.3) is 0 Å². The summed E-state index contributed by atoms with van der Waals surface area (Å²) in [7, 11) is 1.86. The van der Waals surface area contributed by atoms with Crippen LogP contribution in [-0.2, 0) is 10.2 Å². The number of hydrogen-bond acceptors (Lipinski definition) is 4. The second-order valence-corrected chi connectivity index (χ2v) is 8.63. The summed E-state index contributed by atoms with van der Waals surface area (Å²) in [6.07, 6.45) is 1.19. The summed E-state index contributed by atoms with van der Waals surface area (Å²) in [5.74, 6) is 1.89. The van der Waals surface area contributed by atoms with Crippen molar-refractivity contribution < 1.29 is 9.47 Å². The molecule has 2 fully saturated rings. The summed E-state index contributed by atoms with van der Waals surface area (Å²) in [5, 5.41) is 3.45. The van der Waals surface area contributed by atoms with Gasteiger partial charge in [-0.25, -0.2) is 0 Å². The van der Waals surface area contributed by atoms with Crippen LogP contribution in [-0.4, -0.2) is 81.4 Å². The van der Waals surface area contributed by atoms with Crippen molar-refractivity contribution >= 4 is 29.9 Å². The van der Waals surface area contributed by atoms with Gasteiger partial charge < -0.3 is 19.7 Å². The van der Waals surface area contributed by atoms with Gasteiger partial charge in [-0.1, -0.05) is 32.9 Å². The third-order valence-corrected chi connectivity index (χ3v) is 5.61. The fourth-order valence-corrected chi connectivity index (χ4v) is 3.89. The van der Waals surface area contributed by atoms with Crippen LogP contribution in [0.5, 0.6) is 5.75 Å². The van der Waals surface area contributed by atoms with Crippen LogP contribution in [0.25, 0.3) is 0 Å². The zero-order chi connectivity index (χ0) is 20.0. The Bertz CT molecular complexity index is 639. The van der Waals surface area contributed by atoms with Gasteiger partial charge in [0.05, 0.1) is 19.8 Å². The molecule has 1 unspecified atom stereocenters. The molecule has 1 N–H and O–H groups in total. The van der Waals surface area contributed by atoms with Crippen molar-refractivity contribution in [1.29, 1.82) is 0 Å². The lowest BCUT2D eigenvalue weighted by atomic mass is 9.87. The SMILES string of the molecule is CN=C(NCCOc1ccc(C(C)(C)C)cc1)N1CCC(N2CCOCC2)C1.I. The minimum atomic E-state index is 0. The number of morpholine rings is 1. The van der Waals surface area contributed by atoms with Gasteiger partial charge in [0.1, 0.15) is 12.4 Å². The van der Waals surface area contributed by atoms with Crippen molar-refractivity contribution in [2.75, 3.05) is 59.6 Å². The molecule has 0 amide bonds. The van der Waals surface area contributed by atoms with Crippen LogP contribution >= 0.6 is 24.0 Å². The number of guanidine groups is 1. The zero-order valence-corrected chi connectivity index (χ0v) is 20.6. The Balaban J connectivity index is 0.00000300. The van der Waals surface area contributed by atoms with Crippen molar-refractivity contribution in [3.63, 3.8) is 0 Å². The monoisotopic (exact) mass is 516 g/mol. The number of ether oxygens (including phenoxy) is 2. The van der Waals surface area contributed by atoms with E-state index in [0.717, 1.165) is 57.6 Å². The van der Waals surface area contributed by atoms with Crippen molar-refractivity contribution in [3.8, 4) is 5.75 Å². The predicted octanol–water partition coefficient (Wildman–Crippen LogP) is 2.96. The number of nitrogens with zero attached hydrogens (tertiary/aromatic N) is 3. The van der Waals surface area contributed by atoms with E-state index >= 15 is 0 Å². The molecule has 0 bridgehead atoms. The number of likely N-dealkylation sites (tertiary alicyclic amines) is 1. The second kappa shape index (κ2) is 11.4. The first-order valence-electron chi connectivity index (χ1n) is 10.5. The molecule has 3 rings (SSSR count). The second-order valence-electron chi connectivity index (χ2n) is 8.63. The van der Waals surface area contributed by atoms with E-state index in [4.69, 9.17) is 9.47 Å². The molecule has 1 atom stereocenters. The molecule has 0 spiro atoms. The van der Waals surface area contributed by atoms with E-state index in [-0.39, 0.29) is 29.4 Å². The maximum atomic E-state index is 5.89. The molecule has 2 aliphatic rings. The average Bonchev–Trinajstić information content (AvgIpc) is 3.18. The lowest BCUT2D eigenvalue weighted by molar-refractivity contribution is 0.0195. The first-order valence-corrected chi connectivity index (χ1v) is 10.5. The maximum Gasteiger partial charge on any atom is 0.193 e. The zero-order valence-electron chi connectivity index (χ0n) is 18.3. The van der Waals surface area contributed by atoms with Crippen LogP contribution in [0, 0.1) is 0 Å². The summed E-state index contributed by atoms with van der Waals surface area (Å²) in [5.41, 5.74) is 1.49. The fraction of sp³-hybridized carbons (Fsp3) is 0.682. The number of hydrogen-bond donors (Lipinski definition) is 1. The van der Waals surface area contributed by atoms with E-state index in [1.165, 1.54) is 12.0 Å². The Labute approximate surface area is 193 Å². The number of aliphatic imine (C=N–C) groups is 1. The molecule has 1 aromatic rings. The number of benzene rings is 1. The van der Waals surface area contributed by atoms with Crippen LogP contribution in [0.2, 0.25) is 0 Å². The topological polar surface area (TPSA) is 49.3 Å².